The summed E-state index contributed by atoms with van der Waals surface area (Å²) in [6.07, 6.45) is 8.72. The molecule has 2 atom stereocenters. The molecule has 0 spiro atoms. The van der Waals surface area contributed by atoms with Gasteiger partial charge in [0, 0.05) is 36.7 Å². The smallest absolute Gasteiger partial charge is 0.220 e. The Morgan fingerprint density at radius 3 is 2.67 bits per heavy atom. The first-order valence-electron chi connectivity index (χ1n) is 10.8. The van der Waals surface area contributed by atoms with E-state index in [1.807, 2.05) is 17.2 Å². The third-order valence-corrected chi connectivity index (χ3v) is 6.16. The van der Waals surface area contributed by atoms with Crippen LogP contribution in [-0.4, -0.2) is 37.9 Å². The summed E-state index contributed by atoms with van der Waals surface area (Å²) in [5.41, 5.74) is 4.00. The molecule has 0 bridgehead atoms. The minimum absolute atomic E-state index is 0.0674. The van der Waals surface area contributed by atoms with Gasteiger partial charge in [-0.15, -0.1) is 0 Å². The Balaban J connectivity index is 1.55. The van der Waals surface area contributed by atoms with Crippen LogP contribution >= 0.6 is 0 Å². The number of nitrogens with zero attached hydrogens (tertiary/aromatic N) is 4. The van der Waals surface area contributed by atoms with Crippen LogP contribution in [0.1, 0.15) is 53.0 Å². The minimum Gasteiger partial charge on any atom is -0.488 e. The molecular weight excluding hydrogens is 378 g/mol. The molecular formula is C23H29N5O2. The largest absolute Gasteiger partial charge is 0.488 e. The van der Waals surface area contributed by atoms with E-state index in [-0.39, 0.29) is 23.5 Å². The van der Waals surface area contributed by atoms with Crippen LogP contribution < -0.4 is 10.1 Å². The molecule has 1 amide bonds. The number of carbonyl (C=O) groups is 1. The maximum Gasteiger partial charge on any atom is 0.220 e. The van der Waals surface area contributed by atoms with Crippen molar-refractivity contribution in [3.05, 3.63) is 30.9 Å². The highest BCUT2D eigenvalue weighted by atomic mass is 16.5. The lowest BCUT2D eigenvalue weighted by Crippen LogP contribution is -2.25. The monoisotopic (exact) mass is 407 g/mol. The number of aromatic nitrogens is 4. The Morgan fingerprint density at radius 1 is 1.23 bits per heavy atom. The summed E-state index contributed by atoms with van der Waals surface area (Å²) >= 11 is 0. The quantitative estimate of drug-likeness (QED) is 0.696. The van der Waals surface area contributed by atoms with E-state index in [0.717, 1.165) is 27.9 Å². The molecule has 3 aromatic rings. The van der Waals surface area contributed by atoms with E-state index < -0.39 is 0 Å². The van der Waals surface area contributed by atoms with Crippen LogP contribution in [0.5, 0.6) is 5.75 Å². The van der Waals surface area contributed by atoms with Gasteiger partial charge in [0.2, 0.25) is 5.91 Å². The highest BCUT2D eigenvalue weighted by molar-refractivity contribution is 5.88. The Hall–Kier alpha value is -2.83. The van der Waals surface area contributed by atoms with Crippen molar-refractivity contribution < 1.29 is 9.53 Å². The van der Waals surface area contributed by atoms with Crippen LogP contribution in [0.4, 0.5) is 0 Å². The normalized spacial score (nSPS) is 20.5. The summed E-state index contributed by atoms with van der Waals surface area (Å²) in [4.78, 5) is 16.4. The first-order chi connectivity index (χ1) is 14.3. The summed E-state index contributed by atoms with van der Waals surface area (Å²) in [7, 11) is 0. The Kier molecular flexibility index (Phi) is 4.38. The molecule has 1 N–H and O–H groups in total. The van der Waals surface area contributed by atoms with Gasteiger partial charge in [-0.05, 0) is 58.2 Å². The van der Waals surface area contributed by atoms with Crippen molar-refractivity contribution in [3.8, 4) is 16.9 Å². The SMILES string of the molecule is C[C@@H](Oc1cc(-c2cnn(C(C)(C)C)c2)cc2ncn(C3CC3)c12)[C@H]1CNC(=O)C1. The minimum atomic E-state index is -0.0776. The molecule has 7 heteroatoms. The van der Waals surface area contributed by atoms with Crippen LogP contribution in [0.15, 0.2) is 30.9 Å². The fourth-order valence-corrected chi connectivity index (χ4v) is 4.11. The van der Waals surface area contributed by atoms with Crippen molar-refractivity contribution in [2.24, 2.45) is 5.92 Å². The fourth-order valence-electron chi connectivity index (χ4n) is 4.11. The second-order valence-corrected chi connectivity index (χ2v) is 9.66. The Morgan fingerprint density at radius 2 is 2.03 bits per heavy atom. The highest BCUT2D eigenvalue weighted by Crippen LogP contribution is 2.41. The summed E-state index contributed by atoms with van der Waals surface area (Å²) in [5, 5.41) is 7.47. The van der Waals surface area contributed by atoms with Gasteiger partial charge in [0.15, 0.2) is 0 Å². The molecule has 2 aliphatic rings. The van der Waals surface area contributed by atoms with Gasteiger partial charge in [0.1, 0.15) is 17.4 Å². The zero-order valence-electron chi connectivity index (χ0n) is 18.1. The van der Waals surface area contributed by atoms with Crippen molar-refractivity contribution in [3.63, 3.8) is 0 Å². The van der Waals surface area contributed by atoms with Gasteiger partial charge >= 0.3 is 0 Å². The van der Waals surface area contributed by atoms with Gasteiger partial charge in [0.25, 0.3) is 0 Å². The van der Waals surface area contributed by atoms with Crippen molar-refractivity contribution in [2.45, 2.75) is 64.6 Å². The molecule has 3 heterocycles. The predicted octanol–water partition coefficient (Wildman–Crippen LogP) is 3.89. The standard InChI is InChI=1S/C23H29N5O2/c1-14(16-9-21(29)24-10-16)30-20-8-15(17-11-26-28(12-17)23(2,3)4)7-19-22(20)27(13-25-19)18-5-6-18/h7-8,11-14,16,18H,5-6,9-10H2,1-4H3,(H,24,29)/t14-,16-/m1/s1. The Labute approximate surface area is 176 Å². The molecule has 7 nitrogen and oxygen atoms in total. The molecule has 1 saturated heterocycles. The average molecular weight is 408 g/mol. The summed E-state index contributed by atoms with van der Waals surface area (Å²) in [5.74, 6) is 1.12. The van der Waals surface area contributed by atoms with E-state index >= 15 is 0 Å². The third kappa shape index (κ3) is 3.46. The number of ether oxygens (including phenoxy) is 1. The molecule has 1 aliphatic carbocycles. The summed E-state index contributed by atoms with van der Waals surface area (Å²) < 4.78 is 10.7. The molecule has 2 aromatic heterocycles. The number of imidazole rings is 1. The third-order valence-electron chi connectivity index (χ3n) is 6.16. The lowest BCUT2D eigenvalue weighted by molar-refractivity contribution is -0.119. The first kappa shape index (κ1) is 19.2. The number of amides is 1. The average Bonchev–Trinajstić information content (AvgIpc) is 3.10. The van der Waals surface area contributed by atoms with E-state index in [1.54, 1.807) is 0 Å². The first-order valence-corrected chi connectivity index (χ1v) is 10.8. The van der Waals surface area contributed by atoms with Gasteiger partial charge in [-0.3, -0.25) is 9.48 Å². The molecule has 2 fully saturated rings. The van der Waals surface area contributed by atoms with Crippen LogP contribution in [-0.2, 0) is 10.3 Å². The number of hydrogen-bond donors (Lipinski definition) is 1. The van der Waals surface area contributed by atoms with Gasteiger partial charge < -0.3 is 14.6 Å². The van der Waals surface area contributed by atoms with Crippen LogP contribution in [0.2, 0.25) is 0 Å². The van der Waals surface area contributed by atoms with Crippen molar-refractivity contribution in [1.29, 1.82) is 0 Å². The molecule has 5 rings (SSSR count). The zero-order chi connectivity index (χ0) is 21.0. The molecule has 30 heavy (non-hydrogen) atoms. The zero-order valence-corrected chi connectivity index (χ0v) is 18.1. The summed E-state index contributed by atoms with van der Waals surface area (Å²) in [6, 6.07) is 4.74. The lowest BCUT2D eigenvalue weighted by atomic mass is 10.0. The number of nitrogens with one attached hydrogen (secondary N) is 1. The number of fused-ring (bicyclic) bond motifs is 1. The fraction of sp³-hybridized carbons (Fsp3) is 0.522. The van der Waals surface area contributed by atoms with Crippen LogP contribution in [0.25, 0.3) is 22.2 Å². The van der Waals surface area contributed by atoms with E-state index in [4.69, 9.17) is 4.74 Å². The molecule has 0 radical (unpaired) electrons. The maximum atomic E-state index is 11.7. The van der Waals surface area contributed by atoms with Gasteiger partial charge in [-0.2, -0.15) is 5.10 Å². The van der Waals surface area contributed by atoms with Crippen molar-refractivity contribution >= 4 is 16.9 Å². The van der Waals surface area contributed by atoms with Gasteiger partial charge in [0.05, 0.1) is 23.6 Å². The highest BCUT2D eigenvalue weighted by Gasteiger charge is 2.30. The van der Waals surface area contributed by atoms with E-state index in [9.17, 15) is 4.79 Å². The van der Waals surface area contributed by atoms with E-state index in [1.165, 1.54) is 12.8 Å². The van der Waals surface area contributed by atoms with Gasteiger partial charge in [-0.25, -0.2) is 4.98 Å². The number of carbonyl (C=O) groups excluding carboxylic acids is 1. The number of hydrogen-bond acceptors (Lipinski definition) is 4. The number of rotatable bonds is 5. The maximum absolute atomic E-state index is 11.7. The van der Waals surface area contributed by atoms with Gasteiger partial charge in [-0.1, -0.05) is 0 Å². The predicted molar refractivity (Wildman–Crippen MR) is 115 cm³/mol. The molecule has 1 aromatic carbocycles. The number of benzene rings is 1. The molecule has 1 aliphatic heterocycles. The van der Waals surface area contributed by atoms with E-state index in [0.29, 0.717) is 19.0 Å². The van der Waals surface area contributed by atoms with Crippen molar-refractivity contribution in [1.82, 2.24) is 24.6 Å². The second kappa shape index (κ2) is 6.86. The van der Waals surface area contributed by atoms with Crippen LogP contribution in [0.3, 0.4) is 0 Å². The van der Waals surface area contributed by atoms with E-state index in [2.05, 4.69) is 66.0 Å². The summed E-state index contributed by atoms with van der Waals surface area (Å²) in [6.45, 7) is 9.13. The molecule has 158 valence electrons. The second-order valence-electron chi connectivity index (χ2n) is 9.66. The lowest BCUT2D eigenvalue weighted by Gasteiger charge is -2.21. The van der Waals surface area contributed by atoms with Crippen molar-refractivity contribution in [2.75, 3.05) is 6.54 Å². The molecule has 1 saturated carbocycles. The van der Waals surface area contributed by atoms with Crippen LogP contribution in [0, 0.1) is 5.92 Å². The topological polar surface area (TPSA) is 74.0 Å². The molecule has 0 unspecified atom stereocenters. The Bertz CT molecular complexity index is 1100.